The van der Waals surface area contributed by atoms with Crippen molar-refractivity contribution in [3.63, 3.8) is 0 Å². The van der Waals surface area contributed by atoms with Crippen molar-refractivity contribution in [1.29, 1.82) is 0 Å². The molecule has 3 N–H and O–H groups in total. The van der Waals surface area contributed by atoms with Crippen molar-refractivity contribution in [2.45, 2.75) is 200 Å². The van der Waals surface area contributed by atoms with Crippen molar-refractivity contribution in [1.82, 2.24) is 5.32 Å². The fourth-order valence-corrected chi connectivity index (χ4v) is 6.86. The molecule has 0 aromatic heterocycles. The van der Waals surface area contributed by atoms with Crippen LogP contribution in [0.1, 0.15) is 194 Å². The lowest BCUT2D eigenvalue weighted by Crippen LogP contribution is -2.27. The smallest absolute Gasteiger partial charge is 0.463 e. The van der Waals surface area contributed by atoms with Gasteiger partial charge in [-0.15, -0.1) is 0 Å². The lowest BCUT2D eigenvalue weighted by Gasteiger charge is -2.15. The molecule has 0 saturated carbocycles. The van der Waals surface area contributed by atoms with E-state index >= 15 is 0 Å². The first kappa shape index (κ1) is 56.5. The van der Waals surface area contributed by atoms with E-state index in [4.69, 9.17) is 13.8 Å². The molecule has 0 spiro atoms. The van der Waals surface area contributed by atoms with E-state index in [1.807, 2.05) is 0 Å². The van der Waals surface area contributed by atoms with Crippen LogP contribution < -0.4 is 5.32 Å². The number of rotatable bonds is 43. The molecule has 340 valence electrons. The summed E-state index contributed by atoms with van der Waals surface area (Å²) in [4.78, 5) is 34.0. The quantitative estimate of drug-likeness (QED) is 0.0239. The molecule has 0 fully saturated rings. The Morgan fingerprint density at radius 2 is 0.966 bits per heavy atom. The number of hydrogen-bond acceptors (Lipinski definition) is 7. The fraction of sp³-hybridized carbons (Fsp3) is 0.714. The summed E-state index contributed by atoms with van der Waals surface area (Å²) < 4.78 is 26.9. The molecule has 0 bridgehead atoms. The molecule has 0 aliphatic heterocycles. The van der Waals surface area contributed by atoms with E-state index in [9.17, 15) is 24.2 Å². The zero-order chi connectivity index (χ0) is 43.2. The molecular weight excluding hydrogens is 762 g/mol. The summed E-state index contributed by atoms with van der Waals surface area (Å²) in [6.45, 7) is 3.41. The van der Waals surface area contributed by atoms with E-state index in [2.05, 4.69) is 92.1 Å². The van der Waals surface area contributed by atoms with Gasteiger partial charge in [0.1, 0.15) is 12.7 Å². The van der Waals surface area contributed by atoms with Gasteiger partial charge in [-0.25, -0.2) is 4.57 Å². The highest BCUT2D eigenvalue weighted by molar-refractivity contribution is 7.47. The van der Waals surface area contributed by atoms with Crippen LogP contribution in [0.25, 0.3) is 0 Å². The van der Waals surface area contributed by atoms with E-state index in [0.717, 1.165) is 96.3 Å². The number of nitrogens with one attached hydrogen (secondary N) is 1. The average Bonchev–Trinajstić information content (AvgIpc) is 3.22. The van der Waals surface area contributed by atoms with E-state index in [0.29, 0.717) is 6.42 Å². The number of allylic oxidation sites excluding steroid dienone is 12. The SMILES string of the molecule is CC/C=C\C/C=C\C/C=C\C/C=C\C/C=C\CCCCCCCCCC(=O)OCC(O)COP(=O)(O)OCCNC(=O)CCCCCCC/C=C\CCCCCCCC. The molecule has 10 heteroatoms. The predicted molar refractivity (Wildman–Crippen MR) is 247 cm³/mol. The number of aliphatic hydroxyl groups excluding tert-OH is 1. The molecule has 0 aromatic rings. The topological polar surface area (TPSA) is 131 Å². The minimum Gasteiger partial charge on any atom is -0.463 e. The highest BCUT2D eigenvalue weighted by Gasteiger charge is 2.23. The monoisotopic (exact) mass is 848 g/mol. The van der Waals surface area contributed by atoms with Gasteiger partial charge < -0.3 is 20.1 Å². The first-order valence-corrected chi connectivity index (χ1v) is 24.9. The number of carbonyl (C=O) groups is 2. The Morgan fingerprint density at radius 3 is 1.47 bits per heavy atom. The van der Waals surface area contributed by atoms with Gasteiger partial charge in [0.2, 0.25) is 5.91 Å². The molecule has 0 rings (SSSR count). The Balaban J connectivity index is 3.63. The molecule has 0 heterocycles. The van der Waals surface area contributed by atoms with Gasteiger partial charge in [-0.1, -0.05) is 170 Å². The highest BCUT2D eigenvalue weighted by Crippen LogP contribution is 2.42. The Hall–Kier alpha value is -2.55. The Morgan fingerprint density at radius 1 is 0.542 bits per heavy atom. The Kier molecular flexibility index (Phi) is 43.0. The predicted octanol–water partition coefficient (Wildman–Crippen LogP) is 13.4. The Labute approximate surface area is 360 Å². The first-order chi connectivity index (χ1) is 28.8. The fourth-order valence-electron chi connectivity index (χ4n) is 6.11. The largest absolute Gasteiger partial charge is 0.472 e. The molecule has 0 aliphatic carbocycles. The molecule has 0 radical (unpaired) electrons. The summed E-state index contributed by atoms with van der Waals surface area (Å²) in [7, 11) is -4.43. The third-order valence-corrected chi connectivity index (χ3v) is 10.6. The minimum atomic E-state index is -4.43. The molecule has 0 aromatic carbocycles. The number of phosphoric acid groups is 1. The molecule has 1 amide bonds. The Bertz CT molecular complexity index is 1190. The number of aliphatic hydroxyl groups is 1. The van der Waals surface area contributed by atoms with Crippen LogP contribution >= 0.6 is 7.82 Å². The number of carbonyl (C=O) groups excluding carboxylic acids is 2. The van der Waals surface area contributed by atoms with Crippen LogP contribution in [0.3, 0.4) is 0 Å². The minimum absolute atomic E-state index is 0.0732. The van der Waals surface area contributed by atoms with Crippen molar-refractivity contribution >= 4 is 19.7 Å². The van der Waals surface area contributed by atoms with Gasteiger partial charge in [0.05, 0.1) is 13.2 Å². The van der Waals surface area contributed by atoms with Gasteiger partial charge in [0, 0.05) is 19.4 Å². The van der Waals surface area contributed by atoms with E-state index < -0.39 is 26.5 Å². The van der Waals surface area contributed by atoms with Crippen molar-refractivity contribution in [3.8, 4) is 0 Å². The summed E-state index contributed by atoms with van der Waals surface area (Å²) in [5.74, 6) is -0.539. The molecule has 2 unspecified atom stereocenters. The van der Waals surface area contributed by atoms with Crippen LogP contribution in [0.4, 0.5) is 0 Å². The van der Waals surface area contributed by atoms with Crippen LogP contribution in [0.2, 0.25) is 0 Å². The number of phosphoric ester groups is 1. The molecule has 0 aliphatic rings. The summed E-state index contributed by atoms with van der Waals surface area (Å²) in [5, 5.41) is 12.7. The lowest BCUT2D eigenvalue weighted by atomic mass is 10.1. The molecule has 0 saturated heterocycles. The van der Waals surface area contributed by atoms with Crippen molar-refractivity contribution in [2.24, 2.45) is 0 Å². The van der Waals surface area contributed by atoms with Crippen LogP contribution in [0.15, 0.2) is 72.9 Å². The van der Waals surface area contributed by atoms with Gasteiger partial charge in [0.25, 0.3) is 0 Å². The zero-order valence-electron chi connectivity index (χ0n) is 37.4. The van der Waals surface area contributed by atoms with Gasteiger partial charge in [-0.3, -0.25) is 18.6 Å². The number of esters is 1. The number of ether oxygens (including phenoxy) is 1. The molecular formula is C49H86NO8P. The van der Waals surface area contributed by atoms with Crippen LogP contribution in [-0.2, 0) is 27.9 Å². The van der Waals surface area contributed by atoms with Crippen molar-refractivity contribution in [2.75, 3.05) is 26.4 Å². The van der Waals surface area contributed by atoms with Gasteiger partial charge in [-0.2, -0.15) is 0 Å². The lowest BCUT2D eigenvalue weighted by molar-refractivity contribution is -0.147. The van der Waals surface area contributed by atoms with E-state index in [-0.39, 0.29) is 32.1 Å². The normalized spacial score (nSPS) is 13.9. The summed E-state index contributed by atoms with van der Waals surface area (Å²) in [5.41, 5.74) is 0. The number of hydrogen-bond donors (Lipinski definition) is 3. The van der Waals surface area contributed by atoms with E-state index in [1.165, 1.54) is 70.6 Å². The third-order valence-electron chi connectivity index (χ3n) is 9.62. The second-order valence-corrected chi connectivity index (χ2v) is 16.8. The van der Waals surface area contributed by atoms with Gasteiger partial charge in [0.15, 0.2) is 0 Å². The number of unbranched alkanes of at least 4 members (excludes halogenated alkanes) is 18. The van der Waals surface area contributed by atoms with Crippen LogP contribution in [0.5, 0.6) is 0 Å². The maximum atomic E-state index is 12.1. The number of amides is 1. The molecule has 59 heavy (non-hydrogen) atoms. The van der Waals surface area contributed by atoms with Gasteiger partial charge in [-0.05, 0) is 83.5 Å². The average molecular weight is 848 g/mol. The first-order valence-electron chi connectivity index (χ1n) is 23.4. The molecule has 2 atom stereocenters. The van der Waals surface area contributed by atoms with Crippen molar-refractivity contribution in [3.05, 3.63) is 72.9 Å². The zero-order valence-corrected chi connectivity index (χ0v) is 38.3. The highest BCUT2D eigenvalue weighted by atomic mass is 31.2. The maximum Gasteiger partial charge on any atom is 0.472 e. The molecule has 9 nitrogen and oxygen atoms in total. The van der Waals surface area contributed by atoms with Crippen LogP contribution in [-0.4, -0.2) is 54.3 Å². The van der Waals surface area contributed by atoms with Crippen LogP contribution in [0, 0.1) is 0 Å². The van der Waals surface area contributed by atoms with Gasteiger partial charge >= 0.3 is 13.8 Å². The summed E-state index contributed by atoms with van der Waals surface area (Å²) in [6, 6.07) is 0. The standard InChI is InChI=1S/C49H86NO8P/c1-3-5-7-9-11-13-15-17-19-20-21-22-23-24-25-26-28-30-32-34-36-38-40-42-49(53)56-45-47(51)46-58-59(54,55)57-44-43-50-48(52)41-39-37-35-33-31-29-27-18-16-14-12-10-8-6-4-2/h5,7,11,13,17-19,21-22,24-25,27,47,51H,3-4,6,8-10,12,14-16,20,23,26,28-46H2,1-2H3,(H,50,52)(H,54,55)/b7-5-,13-11-,19-17-,22-21-,25-24-,27-18-. The second-order valence-electron chi connectivity index (χ2n) is 15.3. The maximum absolute atomic E-state index is 12.1. The third kappa shape index (κ3) is 46.4. The summed E-state index contributed by atoms with van der Waals surface area (Å²) in [6.07, 6.45) is 55.4. The van der Waals surface area contributed by atoms with Crippen molar-refractivity contribution < 1.29 is 37.9 Å². The second kappa shape index (κ2) is 45.0. The van der Waals surface area contributed by atoms with E-state index in [1.54, 1.807) is 0 Å². The summed E-state index contributed by atoms with van der Waals surface area (Å²) >= 11 is 0.